The van der Waals surface area contributed by atoms with Crippen molar-refractivity contribution >= 4 is 17.7 Å². The Morgan fingerprint density at radius 3 is 2.52 bits per heavy atom. The van der Waals surface area contributed by atoms with E-state index in [2.05, 4.69) is 18.8 Å². The molecule has 0 aliphatic carbocycles. The monoisotopic (exact) mass is 441 g/mol. The van der Waals surface area contributed by atoms with Gasteiger partial charge in [0, 0.05) is 29.1 Å². The van der Waals surface area contributed by atoms with Crippen LogP contribution in [0.4, 0.5) is 0 Å². The molecule has 2 aromatic heterocycles. The van der Waals surface area contributed by atoms with Gasteiger partial charge in [-0.1, -0.05) is 44.2 Å². The molecule has 0 spiro atoms. The molecule has 0 saturated heterocycles. The largest absolute Gasteiger partial charge is 0.506 e. The Balaban J connectivity index is 1.84. The highest BCUT2D eigenvalue weighted by Gasteiger charge is 2.21. The van der Waals surface area contributed by atoms with E-state index in [1.165, 1.54) is 30.1 Å². The van der Waals surface area contributed by atoms with E-state index in [0.717, 1.165) is 12.0 Å². The average Bonchev–Trinajstić information content (AvgIpc) is 2.74. The van der Waals surface area contributed by atoms with Gasteiger partial charge in [0.2, 0.25) is 5.88 Å². The summed E-state index contributed by atoms with van der Waals surface area (Å²) in [4.78, 5) is 27.4. The number of hydrogen-bond donors (Lipinski definition) is 2. The predicted octanol–water partition coefficient (Wildman–Crippen LogP) is 4.75. The number of hydrogen-bond acceptors (Lipinski definition) is 7. The van der Waals surface area contributed by atoms with Crippen molar-refractivity contribution in [3.05, 3.63) is 70.7 Å². The van der Waals surface area contributed by atoms with Crippen LogP contribution in [-0.4, -0.2) is 27.8 Å². The standard InChI is InChI=1S/C23H23NO6S/c1-14(2)10-19(15-6-4-3-5-7-15)31-22-17(25)11-18(30-23(22)28)16-8-9-20(24-12-16)29-13-21(26)27/h3-9,11-12,14,19,25H,10,13H2,1-2H3,(H,26,27). The number of carboxylic acids is 1. The minimum Gasteiger partial charge on any atom is -0.506 e. The van der Waals surface area contributed by atoms with E-state index in [-0.39, 0.29) is 27.5 Å². The van der Waals surface area contributed by atoms with Gasteiger partial charge in [-0.25, -0.2) is 14.6 Å². The minimum absolute atomic E-state index is 0.00631. The quantitative estimate of drug-likeness (QED) is 0.458. The molecular formula is C23H23NO6S. The van der Waals surface area contributed by atoms with Crippen LogP contribution < -0.4 is 10.4 Å². The molecule has 0 saturated carbocycles. The number of thioether (sulfide) groups is 1. The van der Waals surface area contributed by atoms with Gasteiger partial charge in [-0.3, -0.25) is 0 Å². The van der Waals surface area contributed by atoms with E-state index in [1.807, 2.05) is 30.3 Å². The second-order valence-corrected chi connectivity index (χ2v) is 8.54. The first-order valence-corrected chi connectivity index (χ1v) is 10.6. The van der Waals surface area contributed by atoms with Gasteiger partial charge in [0.1, 0.15) is 16.4 Å². The lowest BCUT2D eigenvalue weighted by Crippen LogP contribution is -2.10. The molecule has 0 bridgehead atoms. The predicted molar refractivity (Wildman–Crippen MR) is 117 cm³/mol. The average molecular weight is 442 g/mol. The fraction of sp³-hybridized carbons (Fsp3) is 0.261. The van der Waals surface area contributed by atoms with Gasteiger partial charge in [0.05, 0.1) is 0 Å². The SMILES string of the molecule is CC(C)CC(Sc1c(O)cc(-c2ccc(OCC(=O)O)nc2)oc1=O)c1ccccc1. The van der Waals surface area contributed by atoms with Crippen LogP contribution in [-0.2, 0) is 4.79 Å². The summed E-state index contributed by atoms with van der Waals surface area (Å²) in [5.41, 5.74) is 0.898. The number of nitrogens with zero attached hydrogens (tertiary/aromatic N) is 1. The molecule has 2 heterocycles. The topological polar surface area (TPSA) is 110 Å². The molecule has 2 N–H and O–H groups in total. The highest BCUT2D eigenvalue weighted by molar-refractivity contribution is 7.99. The zero-order valence-electron chi connectivity index (χ0n) is 17.1. The highest BCUT2D eigenvalue weighted by atomic mass is 32.2. The number of aromatic nitrogens is 1. The Morgan fingerprint density at radius 2 is 1.94 bits per heavy atom. The van der Waals surface area contributed by atoms with Crippen LogP contribution in [0.3, 0.4) is 0 Å². The number of aromatic hydroxyl groups is 1. The Bertz CT molecular complexity index is 1080. The Labute approximate surface area is 183 Å². The van der Waals surface area contributed by atoms with Crippen molar-refractivity contribution in [1.29, 1.82) is 0 Å². The van der Waals surface area contributed by atoms with Crippen LogP contribution in [0, 0.1) is 5.92 Å². The molecule has 0 radical (unpaired) electrons. The number of aliphatic carboxylic acids is 1. The number of rotatable bonds is 9. The lowest BCUT2D eigenvalue weighted by Gasteiger charge is -2.19. The van der Waals surface area contributed by atoms with E-state index in [9.17, 15) is 14.7 Å². The fourth-order valence-corrected chi connectivity index (χ4v) is 4.33. The van der Waals surface area contributed by atoms with Crippen molar-refractivity contribution < 1.29 is 24.2 Å². The molecule has 8 heteroatoms. The van der Waals surface area contributed by atoms with E-state index < -0.39 is 18.2 Å². The van der Waals surface area contributed by atoms with E-state index >= 15 is 0 Å². The molecule has 3 aromatic rings. The Kier molecular flexibility index (Phi) is 7.36. The maximum Gasteiger partial charge on any atom is 0.353 e. The van der Waals surface area contributed by atoms with Crippen LogP contribution >= 0.6 is 11.8 Å². The third-order valence-corrected chi connectivity index (χ3v) is 5.73. The number of ether oxygens (including phenoxy) is 1. The maximum atomic E-state index is 12.7. The molecule has 3 rings (SSSR count). The van der Waals surface area contributed by atoms with Gasteiger partial charge >= 0.3 is 11.6 Å². The molecular weight excluding hydrogens is 418 g/mol. The summed E-state index contributed by atoms with van der Waals surface area (Å²) >= 11 is 1.29. The molecule has 0 aliphatic heterocycles. The number of carboxylic acid groups (broad SMARTS) is 1. The third kappa shape index (κ3) is 6.11. The summed E-state index contributed by atoms with van der Waals surface area (Å²) in [6, 6.07) is 14.3. The van der Waals surface area contributed by atoms with Crippen molar-refractivity contribution in [2.24, 2.45) is 5.92 Å². The molecule has 162 valence electrons. The van der Waals surface area contributed by atoms with E-state index in [4.69, 9.17) is 14.3 Å². The normalized spacial score (nSPS) is 12.0. The molecule has 0 fully saturated rings. The second-order valence-electron chi connectivity index (χ2n) is 7.33. The van der Waals surface area contributed by atoms with Gasteiger partial charge in [-0.2, -0.15) is 0 Å². The first kappa shape index (κ1) is 22.4. The Morgan fingerprint density at radius 1 is 1.19 bits per heavy atom. The molecule has 1 atom stereocenters. The van der Waals surface area contributed by atoms with Crippen molar-refractivity contribution in [3.8, 4) is 23.0 Å². The van der Waals surface area contributed by atoms with Crippen molar-refractivity contribution in [3.63, 3.8) is 0 Å². The zero-order valence-corrected chi connectivity index (χ0v) is 18.0. The molecule has 31 heavy (non-hydrogen) atoms. The highest BCUT2D eigenvalue weighted by Crippen LogP contribution is 2.42. The van der Waals surface area contributed by atoms with Gasteiger partial charge in [0.15, 0.2) is 6.61 Å². The van der Waals surface area contributed by atoms with Crippen LogP contribution in [0.25, 0.3) is 11.3 Å². The van der Waals surface area contributed by atoms with Crippen LogP contribution in [0.1, 0.15) is 31.1 Å². The number of pyridine rings is 1. The summed E-state index contributed by atoms with van der Waals surface area (Å²) in [5.74, 6) is -0.582. The molecule has 0 amide bonds. The summed E-state index contributed by atoms with van der Waals surface area (Å²) < 4.78 is 10.4. The summed E-state index contributed by atoms with van der Waals surface area (Å²) in [6.45, 7) is 3.71. The lowest BCUT2D eigenvalue weighted by molar-refractivity contribution is -0.139. The molecule has 1 aromatic carbocycles. The van der Waals surface area contributed by atoms with Gasteiger partial charge in [0.25, 0.3) is 0 Å². The minimum atomic E-state index is -1.11. The Hall–Kier alpha value is -3.26. The van der Waals surface area contributed by atoms with Crippen LogP contribution in [0.2, 0.25) is 0 Å². The lowest BCUT2D eigenvalue weighted by atomic mass is 10.0. The zero-order chi connectivity index (χ0) is 22.4. The molecule has 1 unspecified atom stereocenters. The fourth-order valence-electron chi connectivity index (χ4n) is 2.96. The van der Waals surface area contributed by atoms with Crippen molar-refractivity contribution in [1.82, 2.24) is 4.98 Å². The molecule has 7 nitrogen and oxygen atoms in total. The first-order chi connectivity index (χ1) is 14.8. The summed E-state index contributed by atoms with van der Waals surface area (Å²) in [7, 11) is 0. The van der Waals surface area contributed by atoms with Gasteiger partial charge in [-0.05, 0) is 24.0 Å². The first-order valence-electron chi connectivity index (χ1n) is 9.73. The molecule has 0 aliphatic rings. The smallest absolute Gasteiger partial charge is 0.353 e. The van der Waals surface area contributed by atoms with E-state index in [0.29, 0.717) is 11.5 Å². The van der Waals surface area contributed by atoms with E-state index in [1.54, 1.807) is 6.07 Å². The third-order valence-electron chi connectivity index (χ3n) is 4.37. The summed E-state index contributed by atoms with van der Waals surface area (Å²) in [6.07, 6.45) is 2.21. The van der Waals surface area contributed by atoms with Crippen molar-refractivity contribution in [2.75, 3.05) is 6.61 Å². The van der Waals surface area contributed by atoms with Crippen molar-refractivity contribution in [2.45, 2.75) is 30.4 Å². The summed E-state index contributed by atoms with van der Waals surface area (Å²) in [5, 5.41) is 19.2. The second kappa shape index (κ2) is 10.2. The van der Waals surface area contributed by atoms with Gasteiger partial charge in [-0.15, -0.1) is 11.8 Å². The van der Waals surface area contributed by atoms with Crippen LogP contribution in [0.5, 0.6) is 11.6 Å². The number of carbonyl (C=O) groups is 1. The maximum absolute atomic E-state index is 12.7. The van der Waals surface area contributed by atoms with Crippen LogP contribution in [0.15, 0.2) is 68.8 Å². The number of benzene rings is 1. The van der Waals surface area contributed by atoms with Gasteiger partial charge < -0.3 is 19.4 Å².